The number of hydrogen-bond acceptors (Lipinski definition) is 6. The lowest BCUT2D eigenvalue weighted by Gasteiger charge is -2.21. The van der Waals surface area contributed by atoms with Crippen LogP contribution in [0.4, 0.5) is 5.82 Å². The molecular weight excluding hydrogens is 290 g/mol. The molecule has 1 fully saturated rings. The molecule has 3 heterocycles. The van der Waals surface area contributed by atoms with Crippen LogP contribution in [0.15, 0.2) is 22.9 Å². The molecule has 1 unspecified atom stereocenters. The second-order valence-electron chi connectivity index (χ2n) is 6.87. The lowest BCUT2D eigenvalue weighted by atomic mass is 10.1. The summed E-state index contributed by atoms with van der Waals surface area (Å²) in [5.74, 6) is 2.83. The molecule has 1 saturated heterocycles. The summed E-state index contributed by atoms with van der Waals surface area (Å²) in [7, 11) is 4.27. The van der Waals surface area contributed by atoms with Crippen LogP contribution in [-0.2, 0) is 6.42 Å². The summed E-state index contributed by atoms with van der Waals surface area (Å²) < 4.78 is 5.34. The topological polar surface area (TPSA) is 58.3 Å². The van der Waals surface area contributed by atoms with Gasteiger partial charge in [0, 0.05) is 31.7 Å². The van der Waals surface area contributed by atoms with E-state index in [1.165, 1.54) is 6.42 Å². The lowest BCUT2D eigenvalue weighted by Crippen LogP contribution is -2.31. The van der Waals surface area contributed by atoms with Gasteiger partial charge in [0.15, 0.2) is 5.82 Å². The van der Waals surface area contributed by atoms with Crippen LogP contribution in [0, 0.1) is 5.92 Å². The molecule has 2 aromatic heterocycles. The zero-order valence-electron chi connectivity index (χ0n) is 14.4. The SMILES string of the molecule is CC(C)Cc1noc(-c2ccc(N3CCC(N(C)C)C3)nc2)n1. The second-order valence-corrected chi connectivity index (χ2v) is 6.87. The Balaban J connectivity index is 1.69. The molecular formula is C17H25N5O. The van der Waals surface area contributed by atoms with Crippen LogP contribution in [0.5, 0.6) is 0 Å². The zero-order valence-corrected chi connectivity index (χ0v) is 14.4. The monoisotopic (exact) mass is 315 g/mol. The van der Waals surface area contributed by atoms with Crippen molar-refractivity contribution in [1.82, 2.24) is 20.0 Å². The highest BCUT2D eigenvalue weighted by molar-refractivity contribution is 5.55. The van der Waals surface area contributed by atoms with Gasteiger partial charge in [0.05, 0.1) is 5.56 Å². The molecule has 0 bridgehead atoms. The molecule has 3 rings (SSSR count). The molecule has 124 valence electrons. The Labute approximate surface area is 137 Å². The van der Waals surface area contributed by atoms with Crippen molar-refractivity contribution in [2.24, 2.45) is 5.92 Å². The third kappa shape index (κ3) is 3.69. The van der Waals surface area contributed by atoms with E-state index in [1.807, 2.05) is 18.3 Å². The smallest absolute Gasteiger partial charge is 0.259 e. The Morgan fingerprint density at radius 2 is 2.17 bits per heavy atom. The van der Waals surface area contributed by atoms with Crippen molar-refractivity contribution in [3.63, 3.8) is 0 Å². The first-order chi connectivity index (χ1) is 11.0. The maximum absolute atomic E-state index is 5.34. The number of rotatable bonds is 5. The Hall–Kier alpha value is -1.95. The van der Waals surface area contributed by atoms with Gasteiger partial charge in [-0.3, -0.25) is 0 Å². The number of anilines is 1. The van der Waals surface area contributed by atoms with Crippen LogP contribution < -0.4 is 4.90 Å². The third-order valence-electron chi connectivity index (χ3n) is 4.27. The zero-order chi connectivity index (χ0) is 16.4. The normalized spacial score (nSPS) is 18.3. The van der Waals surface area contributed by atoms with E-state index in [0.717, 1.165) is 36.7 Å². The largest absolute Gasteiger partial charge is 0.355 e. The summed E-state index contributed by atoms with van der Waals surface area (Å²) >= 11 is 0. The maximum atomic E-state index is 5.34. The highest BCUT2D eigenvalue weighted by Crippen LogP contribution is 2.23. The van der Waals surface area contributed by atoms with Crippen molar-refractivity contribution in [1.29, 1.82) is 0 Å². The third-order valence-corrected chi connectivity index (χ3v) is 4.27. The number of pyridine rings is 1. The van der Waals surface area contributed by atoms with E-state index in [1.54, 1.807) is 0 Å². The van der Waals surface area contributed by atoms with Crippen molar-refractivity contribution in [3.8, 4) is 11.5 Å². The number of aromatic nitrogens is 3. The van der Waals surface area contributed by atoms with Crippen LogP contribution in [-0.4, -0.2) is 53.3 Å². The summed E-state index contributed by atoms with van der Waals surface area (Å²) in [5, 5.41) is 4.03. The quantitative estimate of drug-likeness (QED) is 0.845. The van der Waals surface area contributed by atoms with E-state index >= 15 is 0 Å². The van der Waals surface area contributed by atoms with E-state index < -0.39 is 0 Å². The van der Waals surface area contributed by atoms with Gasteiger partial charge < -0.3 is 14.3 Å². The molecule has 23 heavy (non-hydrogen) atoms. The highest BCUT2D eigenvalue weighted by Gasteiger charge is 2.24. The highest BCUT2D eigenvalue weighted by atomic mass is 16.5. The predicted molar refractivity (Wildman–Crippen MR) is 90.4 cm³/mol. The molecule has 0 aliphatic carbocycles. The van der Waals surface area contributed by atoms with Gasteiger partial charge in [-0.1, -0.05) is 19.0 Å². The Bertz CT molecular complexity index is 635. The molecule has 2 aromatic rings. The second kappa shape index (κ2) is 6.66. The molecule has 1 aliphatic heterocycles. The number of nitrogens with zero attached hydrogens (tertiary/aromatic N) is 5. The van der Waals surface area contributed by atoms with Crippen molar-refractivity contribution in [2.75, 3.05) is 32.1 Å². The molecule has 0 amide bonds. The minimum Gasteiger partial charge on any atom is -0.355 e. The summed E-state index contributed by atoms with van der Waals surface area (Å²) in [6.45, 7) is 6.36. The number of likely N-dealkylation sites (N-methyl/N-ethyl adjacent to an activating group) is 1. The number of hydrogen-bond donors (Lipinski definition) is 0. The average molecular weight is 315 g/mol. The van der Waals surface area contributed by atoms with Gasteiger partial charge in [0.1, 0.15) is 5.82 Å². The van der Waals surface area contributed by atoms with E-state index in [2.05, 4.69) is 52.9 Å². The predicted octanol–water partition coefficient (Wildman–Crippen LogP) is 2.47. The first kappa shape index (κ1) is 15.9. The molecule has 1 aliphatic rings. The molecule has 0 spiro atoms. The summed E-state index contributed by atoms with van der Waals surface area (Å²) in [6.07, 6.45) is 3.83. The molecule has 6 nitrogen and oxygen atoms in total. The van der Waals surface area contributed by atoms with Gasteiger partial charge in [0.25, 0.3) is 5.89 Å². The summed E-state index contributed by atoms with van der Waals surface area (Å²) in [5.41, 5.74) is 0.875. The van der Waals surface area contributed by atoms with Crippen molar-refractivity contribution < 1.29 is 4.52 Å². The first-order valence-corrected chi connectivity index (χ1v) is 8.23. The van der Waals surface area contributed by atoms with Gasteiger partial charge >= 0.3 is 0 Å². The van der Waals surface area contributed by atoms with Gasteiger partial charge in [-0.25, -0.2) is 4.98 Å². The molecule has 0 saturated carbocycles. The molecule has 1 atom stereocenters. The minimum absolute atomic E-state index is 0.515. The van der Waals surface area contributed by atoms with Crippen LogP contribution in [0.25, 0.3) is 11.5 Å². The van der Waals surface area contributed by atoms with E-state index in [4.69, 9.17) is 4.52 Å². The Kier molecular flexibility index (Phi) is 4.61. The van der Waals surface area contributed by atoms with E-state index in [0.29, 0.717) is 17.9 Å². The molecule has 0 aromatic carbocycles. The fourth-order valence-electron chi connectivity index (χ4n) is 2.89. The van der Waals surface area contributed by atoms with Gasteiger partial charge in [-0.15, -0.1) is 0 Å². The van der Waals surface area contributed by atoms with Crippen molar-refractivity contribution in [3.05, 3.63) is 24.2 Å². The van der Waals surface area contributed by atoms with Crippen LogP contribution >= 0.6 is 0 Å². The van der Waals surface area contributed by atoms with Crippen molar-refractivity contribution in [2.45, 2.75) is 32.7 Å². The van der Waals surface area contributed by atoms with Crippen LogP contribution in [0.3, 0.4) is 0 Å². The van der Waals surface area contributed by atoms with Crippen LogP contribution in [0.1, 0.15) is 26.1 Å². The average Bonchev–Trinajstić information content (AvgIpc) is 3.16. The standard InChI is InChI=1S/C17H25N5O/c1-12(2)9-15-19-17(23-20-15)13-5-6-16(18-10-13)22-8-7-14(11-22)21(3)4/h5-6,10,12,14H,7-9,11H2,1-4H3. The van der Waals surface area contributed by atoms with Crippen molar-refractivity contribution >= 4 is 5.82 Å². The molecule has 0 N–H and O–H groups in total. The fraction of sp³-hybridized carbons (Fsp3) is 0.588. The van der Waals surface area contributed by atoms with Gasteiger partial charge in [-0.05, 0) is 38.6 Å². The summed E-state index contributed by atoms with van der Waals surface area (Å²) in [4.78, 5) is 13.6. The maximum Gasteiger partial charge on any atom is 0.259 e. The Morgan fingerprint density at radius 3 is 2.78 bits per heavy atom. The van der Waals surface area contributed by atoms with E-state index in [9.17, 15) is 0 Å². The lowest BCUT2D eigenvalue weighted by molar-refractivity contribution is 0.315. The summed E-state index contributed by atoms with van der Waals surface area (Å²) in [6, 6.07) is 4.66. The molecule has 0 radical (unpaired) electrons. The minimum atomic E-state index is 0.515. The van der Waals surface area contributed by atoms with Gasteiger partial charge in [-0.2, -0.15) is 4.98 Å². The Morgan fingerprint density at radius 1 is 1.35 bits per heavy atom. The van der Waals surface area contributed by atoms with E-state index in [-0.39, 0.29) is 0 Å². The van der Waals surface area contributed by atoms with Gasteiger partial charge in [0.2, 0.25) is 0 Å². The molecule has 6 heteroatoms. The fourth-order valence-corrected chi connectivity index (χ4v) is 2.89. The van der Waals surface area contributed by atoms with Crippen LogP contribution in [0.2, 0.25) is 0 Å². The first-order valence-electron chi connectivity index (χ1n) is 8.23.